The molecule has 112 valence electrons. The van der Waals surface area contributed by atoms with Gasteiger partial charge in [-0.2, -0.15) is 0 Å². The minimum Gasteiger partial charge on any atom is -0.365 e. The number of hydrogen-bond acceptors (Lipinski definition) is 2. The van der Waals surface area contributed by atoms with E-state index in [9.17, 15) is 4.39 Å². The molecule has 2 rings (SSSR count). The minimum atomic E-state index is -0.196. The van der Waals surface area contributed by atoms with Crippen LogP contribution in [0.25, 0.3) is 0 Å². The van der Waals surface area contributed by atoms with Crippen molar-refractivity contribution < 1.29 is 4.39 Å². The first-order valence-electron chi connectivity index (χ1n) is 7.45. The van der Waals surface area contributed by atoms with Gasteiger partial charge in [0, 0.05) is 25.0 Å². The van der Waals surface area contributed by atoms with Crippen LogP contribution in [0.15, 0.2) is 54.6 Å². The minimum absolute atomic E-state index is 0.0642. The second-order valence-electron chi connectivity index (χ2n) is 5.24. The van der Waals surface area contributed by atoms with Crippen LogP contribution in [0.5, 0.6) is 0 Å². The number of para-hydroxylation sites is 1. The maximum atomic E-state index is 14.1. The van der Waals surface area contributed by atoms with Gasteiger partial charge in [0.1, 0.15) is 5.82 Å². The lowest BCUT2D eigenvalue weighted by Crippen LogP contribution is -2.44. The molecule has 21 heavy (non-hydrogen) atoms. The number of rotatable bonds is 6. The van der Waals surface area contributed by atoms with Crippen molar-refractivity contribution in [2.24, 2.45) is 5.73 Å². The smallest absolute Gasteiger partial charge is 0.146 e. The van der Waals surface area contributed by atoms with Gasteiger partial charge in [0.2, 0.25) is 0 Å². The molecular weight excluding hydrogens is 263 g/mol. The van der Waals surface area contributed by atoms with E-state index in [4.69, 9.17) is 5.73 Å². The van der Waals surface area contributed by atoms with Gasteiger partial charge in [-0.3, -0.25) is 0 Å². The number of benzene rings is 2. The van der Waals surface area contributed by atoms with E-state index in [1.165, 1.54) is 11.6 Å². The second kappa shape index (κ2) is 7.23. The normalized spacial score (nSPS) is 13.7. The number of anilines is 1. The van der Waals surface area contributed by atoms with Gasteiger partial charge in [0.15, 0.2) is 0 Å². The van der Waals surface area contributed by atoms with E-state index in [1.807, 2.05) is 37.3 Å². The average molecular weight is 286 g/mol. The first-order valence-corrected chi connectivity index (χ1v) is 7.45. The van der Waals surface area contributed by atoms with Gasteiger partial charge < -0.3 is 10.6 Å². The Kier molecular flexibility index (Phi) is 5.34. The van der Waals surface area contributed by atoms with Crippen molar-refractivity contribution in [3.05, 3.63) is 66.0 Å². The summed E-state index contributed by atoms with van der Waals surface area (Å²) >= 11 is 0. The van der Waals surface area contributed by atoms with Gasteiger partial charge in [-0.05, 0) is 24.6 Å². The lowest BCUT2D eigenvalue weighted by Gasteiger charge is -2.36. The standard InChI is InChI=1S/C18H23FN2/c1-3-21(17-12-8-7-11-16(17)19)18(13-20)14(2)15-9-5-4-6-10-15/h4-12,14,18H,3,13,20H2,1-2H3. The first-order chi connectivity index (χ1) is 10.2. The predicted octanol–water partition coefficient (Wildman–Crippen LogP) is 3.78. The van der Waals surface area contributed by atoms with Crippen molar-refractivity contribution in [3.63, 3.8) is 0 Å². The molecule has 2 N–H and O–H groups in total. The summed E-state index contributed by atoms with van der Waals surface area (Å²) in [6.07, 6.45) is 0. The summed E-state index contributed by atoms with van der Waals surface area (Å²) in [6, 6.07) is 17.2. The Bertz CT molecular complexity index is 556. The first kappa shape index (κ1) is 15.5. The molecule has 2 atom stereocenters. The molecule has 0 radical (unpaired) electrons. The number of hydrogen-bond donors (Lipinski definition) is 1. The second-order valence-corrected chi connectivity index (χ2v) is 5.24. The lowest BCUT2D eigenvalue weighted by atomic mass is 9.91. The van der Waals surface area contributed by atoms with Crippen LogP contribution >= 0.6 is 0 Å². The van der Waals surface area contributed by atoms with E-state index in [0.717, 1.165) is 6.54 Å². The maximum Gasteiger partial charge on any atom is 0.146 e. The molecule has 0 saturated carbocycles. The number of halogens is 1. The van der Waals surface area contributed by atoms with Crippen LogP contribution in [0, 0.1) is 5.82 Å². The van der Waals surface area contributed by atoms with Crippen LogP contribution in [0.1, 0.15) is 25.3 Å². The van der Waals surface area contributed by atoms with Crippen LogP contribution in [0.3, 0.4) is 0 Å². The third-order valence-corrected chi connectivity index (χ3v) is 4.05. The van der Waals surface area contributed by atoms with Crippen LogP contribution in [0.4, 0.5) is 10.1 Å². The summed E-state index contributed by atoms with van der Waals surface area (Å²) in [4.78, 5) is 2.06. The summed E-state index contributed by atoms with van der Waals surface area (Å²) in [7, 11) is 0. The molecule has 0 saturated heterocycles. The third-order valence-electron chi connectivity index (χ3n) is 4.05. The van der Waals surface area contributed by atoms with Crippen molar-refractivity contribution in [2.75, 3.05) is 18.0 Å². The zero-order valence-electron chi connectivity index (χ0n) is 12.7. The summed E-state index contributed by atoms with van der Waals surface area (Å²) in [5.74, 6) is 0.0359. The number of nitrogens with zero attached hydrogens (tertiary/aromatic N) is 1. The van der Waals surface area contributed by atoms with Gasteiger partial charge in [-0.15, -0.1) is 0 Å². The molecule has 0 heterocycles. The van der Waals surface area contributed by atoms with Gasteiger partial charge in [0.25, 0.3) is 0 Å². The summed E-state index contributed by atoms with van der Waals surface area (Å²) in [5.41, 5.74) is 7.86. The highest BCUT2D eigenvalue weighted by molar-refractivity contribution is 5.49. The molecule has 0 spiro atoms. The van der Waals surface area contributed by atoms with E-state index < -0.39 is 0 Å². The molecule has 0 amide bonds. The van der Waals surface area contributed by atoms with Gasteiger partial charge in [0.05, 0.1) is 5.69 Å². The lowest BCUT2D eigenvalue weighted by molar-refractivity contribution is 0.515. The van der Waals surface area contributed by atoms with E-state index >= 15 is 0 Å². The fourth-order valence-electron chi connectivity index (χ4n) is 2.85. The number of likely N-dealkylation sites (N-methyl/N-ethyl adjacent to an activating group) is 1. The Labute approximate surface area is 126 Å². The fraction of sp³-hybridized carbons (Fsp3) is 0.333. The van der Waals surface area contributed by atoms with Crippen LogP contribution in [0.2, 0.25) is 0 Å². The molecule has 0 aliphatic rings. The quantitative estimate of drug-likeness (QED) is 0.875. The zero-order valence-corrected chi connectivity index (χ0v) is 12.7. The Morgan fingerprint density at radius 3 is 2.24 bits per heavy atom. The van der Waals surface area contributed by atoms with E-state index in [-0.39, 0.29) is 17.8 Å². The van der Waals surface area contributed by atoms with E-state index in [0.29, 0.717) is 12.2 Å². The maximum absolute atomic E-state index is 14.1. The predicted molar refractivity (Wildman–Crippen MR) is 87.1 cm³/mol. The summed E-state index contributed by atoms with van der Waals surface area (Å²) < 4.78 is 14.1. The molecule has 0 aromatic heterocycles. The molecule has 2 aromatic carbocycles. The van der Waals surface area contributed by atoms with E-state index in [1.54, 1.807) is 6.07 Å². The summed E-state index contributed by atoms with van der Waals surface area (Å²) in [6.45, 7) is 5.39. The summed E-state index contributed by atoms with van der Waals surface area (Å²) in [5, 5.41) is 0. The van der Waals surface area contributed by atoms with Crippen molar-refractivity contribution in [1.29, 1.82) is 0 Å². The molecule has 0 bridgehead atoms. The van der Waals surface area contributed by atoms with Crippen molar-refractivity contribution in [1.82, 2.24) is 0 Å². The van der Waals surface area contributed by atoms with E-state index in [2.05, 4.69) is 24.0 Å². The van der Waals surface area contributed by atoms with Crippen LogP contribution in [-0.2, 0) is 0 Å². The van der Waals surface area contributed by atoms with Crippen molar-refractivity contribution >= 4 is 5.69 Å². The molecule has 2 nitrogen and oxygen atoms in total. The molecular formula is C18H23FN2. The topological polar surface area (TPSA) is 29.3 Å². The molecule has 3 heteroatoms. The average Bonchev–Trinajstić information content (AvgIpc) is 2.54. The van der Waals surface area contributed by atoms with Crippen molar-refractivity contribution in [3.8, 4) is 0 Å². The van der Waals surface area contributed by atoms with Gasteiger partial charge in [-0.25, -0.2) is 4.39 Å². The van der Waals surface area contributed by atoms with Crippen molar-refractivity contribution in [2.45, 2.75) is 25.8 Å². The molecule has 0 fully saturated rings. The fourth-order valence-corrected chi connectivity index (χ4v) is 2.85. The molecule has 0 aliphatic carbocycles. The SMILES string of the molecule is CCN(c1ccccc1F)C(CN)C(C)c1ccccc1. The van der Waals surface area contributed by atoms with Gasteiger partial charge in [-0.1, -0.05) is 49.4 Å². The third kappa shape index (κ3) is 3.42. The van der Waals surface area contributed by atoms with Gasteiger partial charge >= 0.3 is 0 Å². The highest BCUT2D eigenvalue weighted by Gasteiger charge is 2.25. The molecule has 2 aromatic rings. The highest BCUT2D eigenvalue weighted by Crippen LogP contribution is 2.28. The highest BCUT2D eigenvalue weighted by atomic mass is 19.1. The molecule has 2 unspecified atom stereocenters. The molecule has 0 aliphatic heterocycles. The van der Waals surface area contributed by atoms with Crippen LogP contribution < -0.4 is 10.6 Å². The Morgan fingerprint density at radius 1 is 1.05 bits per heavy atom. The number of nitrogens with two attached hydrogens (primary N) is 1. The van der Waals surface area contributed by atoms with Crippen LogP contribution in [-0.4, -0.2) is 19.1 Å². The largest absolute Gasteiger partial charge is 0.365 e. The monoisotopic (exact) mass is 286 g/mol. The Morgan fingerprint density at radius 2 is 1.67 bits per heavy atom. The zero-order chi connectivity index (χ0) is 15.2. The Balaban J connectivity index is 2.32. The Hall–Kier alpha value is -1.87.